The maximum absolute atomic E-state index is 13.0. The Morgan fingerprint density at radius 3 is 2.61 bits per heavy atom. The van der Waals surface area contributed by atoms with E-state index in [9.17, 15) is 4.79 Å². The van der Waals surface area contributed by atoms with Crippen molar-refractivity contribution in [3.8, 4) is 0 Å². The molecule has 0 spiro atoms. The molecule has 1 aliphatic rings. The molecule has 0 aliphatic carbocycles. The predicted octanol–water partition coefficient (Wildman–Crippen LogP) is 3.94. The molecule has 1 atom stereocenters. The van der Waals surface area contributed by atoms with E-state index in [1.807, 2.05) is 30.3 Å². The van der Waals surface area contributed by atoms with Gasteiger partial charge in [0.25, 0.3) is 0 Å². The molecule has 5 heteroatoms. The van der Waals surface area contributed by atoms with Gasteiger partial charge in [-0.15, -0.1) is 0 Å². The van der Waals surface area contributed by atoms with E-state index in [2.05, 4.69) is 46.3 Å². The first-order valence-electron chi connectivity index (χ1n) is 10.2. The molecule has 3 rings (SSSR count). The molecule has 0 saturated carbocycles. The van der Waals surface area contributed by atoms with Crippen LogP contribution in [0.5, 0.6) is 0 Å². The zero-order chi connectivity index (χ0) is 19.8. The summed E-state index contributed by atoms with van der Waals surface area (Å²) in [6.07, 6.45) is 2.04. The van der Waals surface area contributed by atoms with Crippen LogP contribution in [-0.2, 0) is 17.9 Å². The number of carbonyl (C=O) groups excluding carboxylic acids is 1. The number of carbonyl (C=O) groups is 1. The highest BCUT2D eigenvalue weighted by Crippen LogP contribution is 2.21. The monoisotopic (exact) mass is 399 g/mol. The number of nitrogens with one attached hydrogen (secondary N) is 1. The second-order valence-corrected chi connectivity index (χ2v) is 7.92. The lowest BCUT2D eigenvalue weighted by atomic mass is 10.1. The molecule has 1 unspecified atom stereocenters. The third kappa shape index (κ3) is 6.06. The summed E-state index contributed by atoms with van der Waals surface area (Å²) in [5.41, 5.74) is 2.44. The summed E-state index contributed by atoms with van der Waals surface area (Å²) < 4.78 is 0. The second-order valence-electron chi connectivity index (χ2n) is 7.49. The number of hydrogen-bond donors (Lipinski definition) is 1. The van der Waals surface area contributed by atoms with Gasteiger partial charge in [0.1, 0.15) is 0 Å². The lowest BCUT2D eigenvalue weighted by molar-refractivity contribution is -0.133. The first-order valence-corrected chi connectivity index (χ1v) is 10.5. The van der Waals surface area contributed by atoms with Crippen LogP contribution >= 0.6 is 11.6 Å². The Hall–Kier alpha value is -1.88. The summed E-state index contributed by atoms with van der Waals surface area (Å²) in [5, 5.41) is 3.98. The summed E-state index contributed by atoms with van der Waals surface area (Å²) >= 11 is 6.02. The van der Waals surface area contributed by atoms with Gasteiger partial charge in [-0.2, -0.15) is 0 Å². The number of halogens is 1. The van der Waals surface area contributed by atoms with Gasteiger partial charge in [-0.25, -0.2) is 0 Å². The van der Waals surface area contributed by atoms with Gasteiger partial charge >= 0.3 is 0 Å². The standard InChI is InChI=1S/C23H30ClN3O/c1-2-13-25-15-23(28)27(17-20-8-10-21(24)11-9-20)22-12-14-26(18-22)16-19-6-4-3-5-7-19/h3-11,22,25H,2,12-18H2,1H3. The summed E-state index contributed by atoms with van der Waals surface area (Å²) in [5.74, 6) is 0.176. The quantitative estimate of drug-likeness (QED) is 0.648. The number of nitrogens with zero attached hydrogens (tertiary/aromatic N) is 2. The lowest BCUT2D eigenvalue weighted by Gasteiger charge is -2.30. The van der Waals surface area contributed by atoms with Crippen molar-refractivity contribution in [3.05, 3.63) is 70.7 Å². The highest BCUT2D eigenvalue weighted by atomic mass is 35.5. The SMILES string of the molecule is CCCNCC(=O)N(Cc1ccc(Cl)cc1)C1CCN(Cc2ccccc2)C1. The lowest BCUT2D eigenvalue weighted by Crippen LogP contribution is -2.45. The van der Waals surface area contributed by atoms with Crippen LogP contribution in [-0.4, -0.2) is 47.9 Å². The third-order valence-electron chi connectivity index (χ3n) is 5.23. The fraction of sp³-hybridized carbons (Fsp3) is 0.435. The molecule has 2 aromatic carbocycles. The van der Waals surface area contributed by atoms with Crippen LogP contribution in [0.1, 0.15) is 30.9 Å². The van der Waals surface area contributed by atoms with E-state index in [1.165, 1.54) is 5.56 Å². The Bertz CT molecular complexity index is 735. The van der Waals surface area contributed by atoms with E-state index >= 15 is 0 Å². The van der Waals surface area contributed by atoms with Gasteiger partial charge < -0.3 is 10.2 Å². The average molecular weight is 400 g/mol. The van der Waals surface area contributed by atoms with Crippen molar-refractivity contribution in [1.29, 1.82) is 0 Å². The fourth-order valence-corrected chi connectivity index (χ4v) is 3.86. The number of rotatable bonds is 9. The van der Waals surface area contributed by atoms with Crippen LogP contribution in [0.2, 0.25) is 5.02 Å². The van der Waals surface area contributed by atoms with Gasteiger partial charge in [-0.1, -0.05) is 61.0 Å². The fourth-order valence-electron chi connectivity index (χ4n) is 3.73. The van der Waals surface area contributed by atoms with E-state index in [-0.39, 0.29) is 11.9 Å². The minimum atomic E-state index is 0.176. The first kappa shape index (κ1) is 20.8. The summed E-state index contributed by atoms with van der Waals surface area (Å²) in [7, 11) is 0. The molecule has 0 radical (unpaired) electrons. The van der Waals surface area contributed by atoms with E-state index < -0.39 is 0 Å². The second kappa shape index (κ2) is 10.6. The Balaban J connectivity index is 1.65. The molecule has 0 bridgehead atoms. The predicted molar refractivity (Wildman–Crippen MR) is 115 cm³/mol. The summed E-state index contributed by atoms with van der Waals surface area (Å²) in [4.78, 5) is 17.5. The molecule has 1 aliphatic heterocycles. The van der Waals surface area contributed by atoms with E-state index in [0.717, 1.165) is 49.6 Å². The van der Waals surface area contributed by atoms with Crippen LogP contribution in [0.25, 0.3) is 0 Å². The molecule has 150 valence electrons. The molecule has 28 heavy (non-hydrogen) atoms. The topological polar surface area (TPSA) is 35.6 Å². The van der Waals surface area contributed by atoms with Crippen molar-refractivity contribution >= 4 is 17.5 Å². The van der Waals surface area contributed by atoms with Gasteiger partial charge in [0, 0.05) is 37.2 Å². The van der Waals surface area contributed by atoms with Gasteiger partial charge in [0.05, 0.1) is 6.54 Å². The molecule has 1 fully saturated rings. The van der Waals surface area contributed by atoms with Gasteiger partial charge in [-0.3, -0.25) is 9.69 Å². The molecule has 4 nitrogen and oxygen atoms in total. The molecule has 2 aromatic rings. The minimum absolute atomic E-state index is 0.176. The molecule has 1 amide bonds. The van der Waals surface area contributed by atoms with Gasteiger partial charge in [0.15, 0.2) is 0 Å². The van der Waals surface area contributed by atoms with Crippen LogP contribution in [0.3, 0.4) is 0 Å². The molecule has 1 N–H and O–H groups in total. The Morgan fingerprint density at radius 2 is 1.89 bits per heavy atom. The van der Waals surface area contributed by atoms with Crippen LogP contribution in [0, 0.1) is 0 Å². The maximum atomic E-state index is 13.0. The third-order valence-corrected chi connectivity index (χ3v) is 5.48. The number of hydrogen-bond acceptors (Lipinski definition) is 3. The number of amides is 1. The minimum Gasteiger partial charge on any atom is -0.333 e. The smallest absolute Gasteiger partial charge is 0.237 e. The average Bonchev–Trinajstić information content (AvgIpc) is 3.16. The van der Waals surface area contributed by atoms with E-state index in [0.29, 0.717) is 13.1 Å². The van der Waals surface area contributed by atoms with Crippen LogP contribution in [0.4, 0.5) is 0 Å². The van der Waals surface area contributed by atoms with Crippen molar-refractivity contribution in [2.45, 2.75) is 38.9 Å². The highest BCUT2D eigenvalue weighted by molar-refractivity contribution is 6.30. The number of benzene rings is 2. The van der Waals surface area contributed by atoms with Crippen LogP contribution in [0.15, 0.2) is 54.6 Å². The Labute approximate surface area is 173 Å². The number of likely N-dealkylation sites (tertiary alicyclic amines) is 1. The summed E-state index contributed by atoms with van der Waals surface area (Å²) in [6, 6.07) is 18.6. The largest absolute Gasteiger partial charge is 0.333 e. The molecule has 1 heterocycles. The molecule has 0 aromatic heterocycles. The van der Waals surface area contributed by atoms with E-state index in [1.54, 1.807) is 0 Å². The van der Waals surface area contributed by atoms with E-state index in [4.69, 9.17) is 11.6 Å². The molecular weight excluding hydrogens is 370 g/mol. The van der Waals surface area contributed by atoms with Crippen LogP contribution < -0.4 is 5.32 Å². The van der Waals surface area contributed by atoms with Gasteiger partial charge in [-0.05, 0) is 42.6 Å². The highest BCUT2D eigenvalue weighted by Gasteiger charge is 2.30. The first-order chi connectivity index (χ1) is 13.7. The van der Waals surface area contributed by atoms with Crippen molar-refractivity contribution in [3.63, 3.8) is 0 Å². The zero-order valence-electron chi connectivity index (χ0n) is 16.6. The van der Waals surface area contributed by atoms with Gasteiger partial charge in [0.2, 0.25) is 5.91 Å². The normalized spacial score (nSPS) is 17.0. The Kier molecular flexibility index (Phi) is 7.90. The summed E-state index contributed by atoms with van der Waals surface area (Å²) in [6.45, 7) is 6.89. The maximum Gasteiger partial charge on any atom is 0.237 e. The molecule has 1 saturated heterocycles. The van der Waals surface area contributed by atoms with Crippen molar-refractivity contribution in [2.24, 2.45) is 0 Å². The zero-order valence-corrected chi connectivity index (χ0v) is 17.4. The Morgan fingerprint density at radius 1 is 1.14 bits per heavy atom. The van der Waals surface area contributed by atoms with Crippen molar-refractivity contribution < 1.29 is 4.79 Å². The molecular formula is C23H30ClN3O. The van der Waals surface area contributed by atoms with Crippen molar-refractivity contribution in [1.82, 2.24) is 15.1 Å². The van der Waals surface area contributed by atoms with Crippen molar-refractivity contribution in [2.75, 3.05) is 26.2 Å².